The largest absolute Gasteiger partial charge is 0.482 e. The molecule has 2 heterocycles. The Balaban J connectivity index is 1.54. The van der Waals surface area contributed by atoms with Crippen molar-refractivity contribution in [3.8, 4) is 16.5 Å². The van der Waals surface area contributed by atoms with Crippen molar-refractivity contribution in [2.24, 2.45) is 0 Å². The van der Waals surface area contributed by atoms with Crippen LogP contribution in [0.4, 0.5) is 0 Å². The number of carbonyl (C=O) groups excluding carboxylic acids is 1. The molecule has 3 rings (SSSR count). The highest BCUT2D eigenvalue weighted by Crippen LogP contribution is 2.26. The number of hydrogen-bond donors (Lipinski definition) is 0. The average Bonchev–Trinajstić information content (AvgIpc) is 3.24. The van der Waals surface area contributed by atoms with Gasteiger partial charge in [-0.25, -0.2) is 4.79 Å². The molecule has 0 aliphatic rings. The van der Waals surface area contributed by atoms with Gasteiger partial charge in [0.05, 0.1) is 4.88 Å². The molecule has 1 atom stereocenters. The number of carbonyl (C=O) groups is 1. The van der Waals surface area contributed by atoms with Crippen LogP contribution < -0.4 is 4.74 Å². The summed E-state index contributed by atoms with van der Waals surface area (Å²) < 4.78 is 17.0. The molecule has 1 aromatic carbocycles. The first-order chi connectivity index (χ1) is 11.6. The monoisotopic (exact) mass is 408 g/mol. The third-order valence-corrected chi connectivity index (χ3v) is 4.33. The Morgan fingerprint density at radius 3 is 2.96 bits per heavy atom. The third-order valence-electron chi connectivity index (χ3n) is 2.98. The minimum absolute atomic E-state index is 0.202. The van der Waals surface area contributed by atoms with Crippen molar-refractivity contribution in [2.75, 3.05) is 6.61 Å². The molecular weight excluding hydrogens is 396 g/mol. The van der Waals surface area contributed by atoms with E-state index in [-0.39, 0.29) is 12.5 Å². The van der Waals surface area contributed by atoms with Gasteiger partial charge in [0.1, 0.15) is 5.75 Å². The molecule has 6 nitrogen and oxygen atoms in total. The normalized spacial score (nSPS) is 11.9. The molecule has 24 heavy (non-hydrogen) atoms. The Bertz CT molecular complexity index is 819. The molecule has 0 aliphatic heterocycles. The minimum Gasteiger partial charge on any atom is -0.482 e. The van der Waals surface area contributed by atoms with Crippen LogP contribution in [0, 0.1) is 0 Å². The van der Waals surface area contributed by atoms with Crippen LogP contribution in [-0.2, 0) is 9.53 Å². The fourth-order valence-electron chi connectivity index (χ4n) is 1.88. The van der Waals surface area contributed by atoms with Gasteiger partial charge in [-0.2, -0.15) is 0 Å². The zero-order valence-corrected chi connectivity index (χ0v) is 15.0. The van der Waals surface area contributed by atoms with Crippen LogP contribution >= 0.6 is 27.3 Å². The lowest BCUT2D eigenvalue weighted by Gasteiger charge is -2.10. The van der Waals surface area contributed by atoms with E-state index in [1.54, 1.807) is 19.1 Å². The molecular formula is C16H13BrN2O4S. The van der Waals surface area contributed by atoms with Gasteiger partial charge in [0, 0.05) is 4.47 Å². The molecule has 124 valence electrons. The number of aromatic nitrogens is 2. The minimum atomic E-state index is -0.648. The van der Waals surface area contributed by atoms with E-state index < -0.39 is 12.1 Å². The van der Waals surface area contributed by atoms with E-state index in [2.05, 4.69) is 26.1 Å². The van der Waals surface area contributed by atoms with Crippen LogP contribution in [0.5, 0.6) is 5.75 Å². The van der Waals surface area contributed by atoms with Crippen LogP contribution in [0.3, 0.4) is 0 Å². The first-order valence-electron chi connectivity index (χ1n) is 7.07. The fourth-order valence-corrected chi connectivity index (χ4v) is 2.90. The Labute approximate surface area is 150 Å². The second kappa shape index (κ2) is 7.59. The zero-order chi connectivity index (χ0) is 16.9. The molecule has 0 fully saturated rings. The lowest BCUT2D eigenvalue weighted by atomic mass is 10.3. The predicted octanol–water partition coefficient (Wildman–Crippen LogP) is 4.24. The molecule has 0 saturated heterocycles. The smallest absolute Gasteiger partial charge is 0.344 e. The quantitative estimate of drug-likeness (QED) is 0.567. The standard InChI is InChI=1S/C16H13BrN2O4S/c1-10(15-18-19-16(23-15)13-6-3-7-24-13)22-14(20)9-21-12-5-2-4-11(17)8-12/h2-8,10H,9H2,1H3/t10-/m0/s1. The summed E-state index contributed by atoms with van der Waals surface area (Å²) in [6, 6.07) is 11.0. The number of rotatable bonds is 6. The number of thiophene rings is 1. The molecule has 0 amide bonds. The number of hydrogen-bond acceptors (Lipinski definition) is 7. The molecule has 0 spiro atoms. The average molecular weight is 409 g/mol. The van der Waals surface area contributed by atoms with Crippen LogP contribution in [0.2, 0.25) is 0 Å². The summed E-state index contributed by atoms with van der Waals surface area (Å²) in [7, 11) is 0. The van der Waals surface area contributed by atoms with Gasteiger partial charge < -0.3 is 13.9 Å². The zero-order valence-electron chi connectivity index (χ0n) is 12.6. The molecule has 0 saturated carbocycles. The maximum atomic E-state index is 11.9. The van der Waals surface area contributed by atoms with Gasteiger partial charge in [-0.05, 0) is 36.6 Å². The van der Waals surface area contributed by atoms with Crippen molar-refractivity contribution in [1.82, 2.24) is 10.2 Å². The van der Waals surface area contributed by atoms with E-state index >= 15 is 0 Å². The van der Waals surface area contributed by atoms with E-state index in [0.29, 0.717) is 11.6 Å². The van der Waals surface area contributed by atoms with Crippen molar-refractivity contribution in [1.29, 1.82) is 0 Å². The van der Waals surface area contributed by atoms with Gasteiger partial charge >= 0.3 is 5.97 Å². The van der Waals surface area contributed by atoms with Crippen molar-refractivity contribution in [3.05, 3.63) is 52.1 Å². The highest BCUT2D eigenvalue weighted by molar-refractivity contribution is 9.10. The molecule has 0 N–H and O–H groups in total. The number of esters is 1. The lowest BCUT2D eigenvalue weighted by molar-refractivity contribution is -0.152. The lowest BCUT2D eigenvalue weighted by Crippen LogP contribution is -2.17. The van der Waals surface area contributed by atoms with Crippen LogP contribution in [-0.4, -0.2) is 22.8 Å². The first-order valence-corrected chi connectivity index (χ1v) is 8.74. The van der Waals surface area contributed by atoms with Crippen molar-refractivity contribution in [2.45, 2.75) is 13.0 Å². The van der Waals surface area contributed by atoms with Gasteiger partial charge in [-0.15, -0.1) is 21.5 Å². The predicted molar refractivity (Wildman–Crippen MR) is 91.8 cm³/mol. The third kappa shape index (κ3) is 4.21. The molecule has 0 bridgehead atoms. The van der Waals surface area contributed by atoms with Crippen molar-refractivity contribution < 1.29 is 18.7 Å². The number of nitrogens with zero attached hydrogens (tertiary/aromatic N) is 2. The summed E-state index contributed by atoms with van der Waals surface area (Å²) in [5.41, 5.74) is 0. The summed E-state index contributed by atoms with van der Waals surface area (Å²) in [5, 5.41) is 9.80. The van der Waals surface area contributed by atoms with E-state index in [9.17, 15) is 4.79 Å². The summed E-state index contributed by atoms with van der Waals surface area (Å²) in [5.74, 6) is 0.715. The summed E-state index contributed by atoms with van der Waals surface area (Å²) >= 11 is 4.83. The highest BCUT2D eigenvalue weighted by Gasteiger charge is 2.19. The van der Waals surface area contributed by atoms with E-state index in [4.69, 9.17) is 13.9 Å². The summed E-state index contributed by atoms with van der Waals surface area (Å²) in [6.45, 7) is 1.47. The number of halogens is 1. The molecule has 0 aliphatic carbocycles. The van der Waals surface area contributed by atoms with Gasteiger partial charge in [0.2, 0.25) is 0 Å². The molecule has 8 heteroatoms. The Morgan fingerprint density at radius 1 is 1.33 bits per heavy atom. The SMILES string of the molecule is C[C@H](OC(=O)COc1cccc(Br)c1)c1nnc(-c2cccs2)o1. The molecule has 0 unspecified atom stereocenters. The fraction of sp³-hybridized carbons (Fsp3) is 0.188. The molecule has 3 aromatic rings. The van der Waals surface area contributed by atoms with E-state index in [0.717, 1.165) is 9.35 Å². The molecule has 0 radical (unpaired) electrons. The Morgan fingerprint density at radius 2 is 2.21 bits per heavy atom. The first kappa shape index (κ1) is 16.7. The van der Waals surface area contributed by atoms with Gasteiger partial charge in [0.25, 0.3) is 11.8 Å². The van der Waals surface area contributed by atoms with E-state index in [1.807, 2.05) is 29.6 Å². The maximum absolute atomic E-state index is 11.9. The Kier molecular flexibility index (Phi) is 5.27. The topological polar surface area (TPSA) is 74.5 Å². The molecule has 2 aromatic heterocycles. The van der Waals surface area contributed by atoms with Crippen LogP contribution in [0.1, 0.15) is 18.9 Å². The van der Waals surface area contributed by atoms with Crippen molar-refractivity contribution in [3.63, 3.8) is 0 Å². The van der Waals surface area contributed by atoms with Gasteiger partial charge in [-0.3, -0.25) is 0 Å². The second-order valence-corrected chi connectivity index (χ2v) is 6.66. The maximum Gasteiger partial charge on any atom is 0.344 e. The van der Waals surface area contributed by atoms with E-state index in [1.165, 1.54) is 11.3 Å². The van der Waals surface area contributed by atoms with Crippen LogP contribution in [0.25, 0.3) is 10.8 Å². The Hall–Kier alpha value is -2.19. The summed E-state index contributed by atoms with van der Waals surface area (Å²) in [4.78, 5) is 12.7. The highest BCUT2D eigenvalue weighted by atomic mass is 79.9. The summed E-state index contributed by atoms with van der Waals surface area (Å²) in [6.07, 6.45) is -0.648. The number of ether oxygens (including phenoxy) is 2. The number of benzene rings is 1. The van der Waals surface area contributed by atoms with Crippen molar-refractivity contribution >= 4 is 33.2 Å². The second-order valence-electron chi connectivity index (χ2n) is 4.80. The van der Waals surface area contributed by atoms with Gasteiger partial charge in [0.15, 0.2) is 12.7 Å². The van der Waals surface area contributed by atoms with Crippen LogP contribution in [0.15, 0.2) is 50.7 Å². The van der Waals surface area contributed by atoms with Gasteiger partial charge in [-0.1, -0.05) is 28.1 Å².